The Kier molecular flexibility index (Phi) is 4.94. The maximum atomic E-state index is 12.3. The summed E-state index contributed by atoms with van der Waals surface area (Å²) in [5, 5.41) is 4.10. The maximum absolute atomic E-state index is 12.3. The van der Waals surface area contributed by atoms with Crippen LogP contribution in [-0.4, -0.2) is 10.5 Å². The summed E-state index contributed by atoms with van der Waals surface area (Å²) in [4.78, 5) is 24.2. The van der Waals surface area contributed by atoms with E-state index < -0.39 is 0 Å². The van der Waals surface area contributed by atoms with Crippen molar-refractivity contribution < 1.29 is 4.79 Å². The van der Waals surface area contributed by atoms with Gasteiger partial charge in [-0.15, -0.1) is 0 Å². The van der Waals surface area contributed by atoms with E-state index in [1.807, 2.05) is 6.07 Å². The van der Waals surface area contributed by atoms with Crippen LogP contribution in [0.15, 0.2) is 57.9 Å². The number of carbonyl (C=O) groups is 1. The molecule has 3 aromatic rings. The highest BCUT2D eigenvalue weighted by Gasteiger charge is 2.09. The predicted molar refractivity (Wildman–Crippen MR) is 101 cm³/mol. The number of benzene rings is 2. The van der Waals surface area contributed by atoms with Crippen LogP contribution in [0.5, 0.6) is 0 Å². The Bertz CT molecular complexity index is 1000. The fourth-order valence-electron chi connectivity index (χ4n) is 2.35. The monoisotopic (exact) mass is 424 g/mol. The van der Waals surface area contributed by atoms with Gasteiger partial charge in [0.05, 0.1) is 15.6 Å². The molecule has 1 aromatic heterocycles. The van der Waals surface area contributed by atoms with Crippen LogP contribution < -0.4 is 10.7 Å². The molecule has 0 atom stereocenters. The third kappa shape index (κ3) is 3.64. The number of aromatic nitrogens is 1. The molecule has 0 radical (unpaired) electrons. The van der Waals surface area contributed by atoms with Gasteiger partial charge in [0, 0.05) is 27.8 Å². The molecule has 1 heterocycles. The summed E-state index contributed by atoms with van der Waals surface area (Å²) >= 11 is 15.1. The Morgan fingerprint density at radius 1 is 1.08 bits per heavy atom. The quantitative estimate of drug-likeness (QED) is 0.660. The summed E-state index contributed by atoms with van der Waals surface area (Å²) < 4.78 is 2.53. The van der Waals surface area contributed by atoms with Gasteiger partial charge in [0.15, 0.2) is 5.43 Å². The molecule has 0 aliphatic rings. The highest BCUT2D eigenvalue weighted by Crippen LogP contribution is 2.25. The second-order valence-corrected chi connectivity index (χ2v) is 6.88. The second-order valence-electron chi connectivity index (χ2n) is 5.15. The highest BCUT2D eigenvalue weighted by atomic mass is 79.9. The van der Waals surface area contributed by atoms with Crippen molar-refractivity contribution in [2.24, 2.45) is 0 Å². The van der Waals surface area contributed by atoms with Crippen LogP contribution in [-0.2, 0) is 11.3 Å². The zero-order valence-electron chi connectivity index (χ0n) is 12.2. The molecular formula is C17H11BrCl2N2O2. The van der Waals surface area contributed by atoms with Gasteiger partial charge in [0.1, 0.15) is 6.54 Å². The van der Waals surface area contributed by atoms with Gasteiger partial charge in [-0.1, -0.05) is 39.1 Å². The van der Waals surface area contributed by atoms with Crippen LogP contribution in [0.25, 0.3) is 10.9 Å². The molecule has 0 aliphatic carbocycles. The van der Waals surface area contributed by atoms with E-state index in [1.54, 1.807) is 41.1 Å². The number of halogens is 3. The molecule has 0 saturated heterocycles. The van der Waals surface area contributed by atoms with E-state index in [4.69, 9.17) is 23.2 Å². The van der Waals surface area contributed by atoms with Gasteiger partial charge in [-0.25, -0.2) is 0 Å². The first-order valence-electron chi connectivity index (χ1n) is 6.97. The molecule has 122 valence electrons. The average molecular weight is 426 g/mol. The van der Waals surface area contributed by atoms with Gasteiger partial charge < -0.3 is 9.88 Å². The van der Waals surface area contributed by atoms with Crippen LogP contribution in [0.4, 0.5) is 5.69 Å². The number of hydrogen-bond donors (Lipinski definition) is 1. The number of carbonyl (C=O) groups excluding carboxylic acids is 1. The molecule has 0 spiro atoms. The standard InChI is InChI=1S/C17H11BrCl2N2O2/c18-10-1-4-15-12(7-10)16(23)5-6-22(15)9-17(24)21-11-2-3-13(19)14(20)8-11/h1-8H,9H2,(H,21,24). The minimum atomic E-state index is -0.235. The molecule has 2 aromatic carbocycles. The summed E-state index contributed by atoms with van der Waals surface area (Å²) in [6, 6.07) is 11.7. The molecular weight excluding hydrogens is 415 g/mol. The highest BCUT2D eigenvalue weighted by molar-refractivity contribution is 9.10. The number of nitrogens with zero attached hydrogens (tertiary/aromatic N) is 1. The van der Waals surface area contributed by atoms with Crippen molar-refractivity contribution in [2.75, 3.05) is 5.32 Å². The first kappa shape index (κ1) is 17.0. The van der Waals surface area contributed by atoms with Crippen LogP contribution in [0.2, 0.25) is 10.0 Å². The van der Waals surface area contributed by atoms with E-state index in [9.17, 15) is 9.59 Å². The molecule has 3 rings (SSSR count). The number of fused-ring (bicyclic) bond motifs is 1. The Balaban J connectivity index is 1.87. The van der Waals surface area contributed by atoms with Crippen molar-refractivity contribution in [3.8, 4) is 0 Å². The van der Waals surface area contributed by atoms with Crippen LogP contribution in [0.1, 0.15) is 0 Å². The van der Waals surface area contributed by atoms with Crippen molar-refractivity contribution in [3.63, 3.8) is 0 Å². The van der Waals surface area contributed by atoms with E-state index in [0.717, 1.165) is 4.47 Å². The Hall–Kier alpha value is -1.82. The fraction of sp³-hybridized carbons (Fsp3) is 0.0588. The van der Waals surface area contributed by atoms with Gasteiger partial charge in [-0.05, 0) is 36.4 Å². The normalized spacial score (nSPS) is 10.8. The number of pyridine rings is 1. The molecule has 0 saturated carbocycles. The molecule has 1 amide bonds. The lowest BCUT2D eigenvalue weighted by Gasteiger charge is -2.11. The van der Waals surface area contributed by atoms with Gasteiger partial charge in [-0.3, -0.25) is 9.59 Å². The molecule has 24 heavy (non-hydrogen) atoms. The number of hydrogen-bond acceptors (Lipinski definition) is 2. The Morgan fingerprint density at radius 2 is 1.88 bits per heavy atom. The van der Waals surface area contributed by atoms with E-state index in [-0.39, 0.29) is 17.9 Å². The predicted octanol–water partition coefficient (Wildman–Crippen LogP) is 4.71. The van der Waals surface area contributed by atoms with Gasteiger partial charge in [0.2, 0.25) is 5.91 Å². The van der Waals surface area contributed by atoms with Crippen molar-refractivity contribution in [1.29, 1.82) is 0 Å². The summed E-state index contributed by atoms with van der Waals surface area (Å²) in [6.07, 6.45) is 1.60. The van der Waals surface area contributed by atoms with Gasteiger partial charge in [-0.2, -0.15) is 0 Å². The van der Waals surface area contributed by atoms with Crippen molar-refractivity contribution >= 4 is 61.6 Å². The van der Waals surface area contributed by atoms with E-state index in [0.29, 0.717) is 26.6 Å². The lowest BCUT2D eigenvalue weighted by Crippen LogP contribution is -2.20. The third-order valence-corrected chi connectivity index (χ3v) is 4.69. The number of amides is 1. The lowest BCUT2D eigenvalue weighted by molar-refractivity contribution is -0.116. The van der Waals surface area contributed by atoms with Crippen molar-refractivity contribution in [3.05, 3.63) is 73.4 Å². The first-order valence-corrected chi connectivity index (χ1v) is 8.52. The minimum Gasteiger partial charge on any atom is -0.338 e. The topological polar surface area (TPSA) is 51.1 Å². The van der Waals surface area contributed by atoms with Crippen LogP contribution in [0, 0.1) is 0 Å². The van der Waals surface area contributed by atoms with Crippen molar-refractivity contribution in [1.82, 2.24) is 4.57 Å². The summed E-state index contributed by atoms with van der Waals surface area (Å²) in [5.41, 5.74) is 1.16. The molecule has 1 N–H and O–H groups in total. The molecule has 0 bridgehead atoms. The van der Waals surface area contributed by atoms with Crippen LogP contribution in [0.3, 0.4) is 0 Å². The minimum absolute atomic E-state index is 0.0681. The number of anilines is 1. The van der Waals surface area contributed by atoms with Crippen molar-refractivity contribution in [2.45, 2.75) is 6.54 Å². The molecule has 7 heteroatoms. The first-order chi connectivity index (χ1) is 11.4. The second kappa shape index (κ2) is 6.97. The molecule has 0 fully saturated rings. The van der Waals surface area contributed by atoms with E-state index in [1.165, 1.54) is 6.07 Å². The number of nitrogens with one attached hydrogen (secondary N) is 1. The fourth-order valence-corrected chi connectivity index (χ4v) is 3.01. The summed E-state index contributed by atoms with van der Waals surface area (Å²) in [7, 11) is 0. The van der Waals surface area contributed by atoms with Crippen LogP contribution >= 0.6 is 39.1 Å². The zero-order valence-corrected chi connectivity index (χ0v) is 15.3. The third-order valence-electron chi connectivity index (χ3n) is 3.46. The smallest absolute Gasteiger partial charge is 0.244 e. The average Bonchev–Trinajstić information content (AvgIpc) is 2.54. The Morgan fingerprint density at radius 3 is 2.62 bits per heavy atom. The van der Waals surface area contributed by atoms with E-state index in [2.05, 4.69) is 21.2 Å². The molecule has 0 aliphatic heterocycles. The van der Waals surface area contributed by atoms with E-state index >= 15 is 0 Å². The van der Waals surface area contributed by atoms with Gasteiger partial charge in [0.25, 0.3) is 0 Å². The summed E-state index contributed by atoms with van der Waals surface area (Å²) in [5.74, 6) is -0.235. The molecule has 0 unspecified atom stereocenters. The molecule has 4 nitrogen and oxygen atoms in total. The maximum Gasteiger partial charge on any atom is 0.244 e. The SMILES string of the molecule is O=C(Cn1ccc(=O)c2cc(Br)ccc21)Nc1ccc(Cl)c(Cl)c1. The summed E-state index contributed by atoms with van der Waals surface area (Å²) in [6.45, 7) is 0.0681. The number of rotatable bonds is 3. The Labute approximate surface area is 156 Å². The van der Waals surface area contributed by atoms with Gasteiger partial charge >= 0.3 is 0 Å². The zero-order chi connectivity index (χ0) is 17.3. The largest absolute Gasteiger partial charge is 0.338 e. The lowest BCUT2D eigenvalue weighted by atomic mass is 10.2.